The van der Waals surface area contributed by atoms with Gasteiger partial charge in [0.25, 0.3) is 0 Å². The van der Waals surface area contributed by atoms with Gasteiger partial charge in [-0.2, -0.15) is 0 Å². The van der Waals surface area contributed by atoms with Crippen LogP contribution in [0.1, 0.15) is 61.1 Å². The van der Waals surface area contributed by atoms with E-state index in [-0.39, 0.29) is 0 Å². The van der Waals surface area contributed by atoms with Crippen molar-refractivity contribution in [2.75, 3.05) is 0 Å². The highest BCUT2D eigenvalue weighted by molar-refractivity contribution is 6.62. The fraction of sp³-hybridized carbons (Fsp3) is 0.179. The third kappa shape index (κ3) is 3.37. The summed E-state index contributed by atoms with van der Waals surface area (Å²) in [5.41, 5.74) is 7.87. The van der Waals surface area contributed by atoms with E-state index in [1.165, 1.54) is 5.56 Å². The minimum atomic E-state index is -0.702. The molecule has 0 amide bonds. The number of ether oxygens (including phenoxy) is 1. The summed E-state index contributed by atoms with van der Waals surface area (Å²) in [6.45, 7) is 8.39. The van der Waals surface area contributed by atoms with Crippen LogP contribution in [0.5, 0.6) is 11.5 Å². The van der Waals surface area contributed by atoms with E-state index in [2.05, 4.69) is 125 Å². The number of para-hydroxylation sites is 2. The zero-order valence-electron chi connectivity index (χ0n) is 25.2. The first-order valence-electron chi connectivity index (χ1n) is 15.3. The Hall–Kier alpha value is -4.58. The molecule has 0 N–H and O–H groups in total. The number of hydrogen-bond donors (Lipinski definition) is 0. The minimum absolute atomic E-state index is 0.445. The van der Waals surface area contributed by atoms with E-state index in [9.17, 15) is 0 Å². The molecule has 0 saturated carbocycles. The Kier molecular flexibility index (Phi) is 5.15. The lowest BCUT2D eigenvalue weighted by atomic mass is 9.61. The SMILES string of the molecule is CC1(C)OB(c2ccc3c(c2)C2(c4ccccc4C=C3)c3ccccc3Oc3cc4c(cc32)oc2ccccc24)OC1(C)C. The monoisotopic (exact) mass is 574 g/mol. The summed E-state index contributed by atoms with van der Waals surface area (Å²) in [5.74, 6) is 1.67. The predicted octanol–water partition coefficient (Wildman–Crippen LogP) is 8.86. The van der Waals surface area contributed by atoms with Gasteiger partial charge in [-0.25, -0.2) is 0 Å². The largest absolute Gasteiger partial charge is 0.494 e. The lowest BCUT2D eigenvalue weighted by Gasteiger charge is -2.42. The molecule has 0 radical (unpaired) electrons. The standard InChI is InChI=1S/C39H31BO4/c1-37(2)38(3,4)44-40(43-37)26-20-19-25-18-17-24-11-5-7-13-29(24)39(31(25)21-26)30-14-8-10-16-34(30)42-36-22-28-27-12-6-9-15-33(27)41-35(28)23-32(36)39/h5-23H,1-4H3. The Morgan fingerprint density at radius 1 is 0.523 bits per heavy atom. The van der Waals surface area contributed by atoms with Gasteiger partial charge >= 0.3 is 7.12 Å². The predicted molar refractivity (Wildman–Crippen MR) is 177 cm³/mol. The second-order valence-electron chi connectivity index (χ2n) is 13.1. The Labute approximate surface area is 257 Å². The number of furan rings is 1. The summed E-state index contributed by atoms with van der Waals surface area (Å²) in [7, 11) is -0.489. The van der Waals surface area contributed by atoms with Gasteiger partial charge in [0.05, 0.1) is 16.6 Å². The molecule has 1 aromatic heterocycles. The van der Waals surface area contributed by atoms with E-state index < -0.39 is 23.7 Å². The van der Waals surface area contributed by atoms with Crippen molar-refractivity contribution in [3.8, 4) is 11.5 Å². The fourth-order valence-corrected chi connectivity index (χ4v) is 7.32. The van der Waals surface area contributed by atoms with E-state index in [1.54, 1.807) is 0 Å². The lowest BCUT2D eigenvalue weighted by Crippen LogP contribution is -2.41. The molecule has 1 unspecified atom stereocenters. The van der Waals surface area contributed by atoms with E-state index in [4.69, 9.17) is 18.5 Å². The Morgan fingerprint density at radius 2 is 1.20 bits per heavy atom. The minimum Gasteiger partial charge on any atom is -0.457 e. The van der Waals surface area contributed by atoms with Crippen LogP contribution in [-0.2, 0) is 14.7 Å². The van der Waals surface area contributed by atoms with Gasteiger partial charge in [0.1, 0.15) is 22.7 Å². The van der Waals surface area contributed by atoms with Gasteiger partial charge in [-0.15, -0.1) is 0 Å². The zero-order valence-corrected chi connectivity index (χ0v) is 25.2. The van der Waals surface area contributed by atoms with Crippen LogP contribution in [0.4, 0.5) is 0 Å². The molecule has 1 saturated heterocycles. The molecule has 5 heteroatoms. The van der Waals surface area contributed by atoms with Gasteiger partial charge in [0.2, 0.25) is 0 Å². The first kappa shape index (κ1) is 25.9. The van der Waals surface area contributed by atoms with Crippen molar-refractivity contribution in [3.05, 3.63) is 137 Å². The summed E-state index contributed by atoms with van der Waals surface area (Å²) in [6.07, 6.45) is 4.46. The quantitative estimate of drug-likeness (QED) is 0.184. The topological polar surface area (TPSA) is 40.8 Å². The van der Waals surface area contributed by atoms with Gasteiger partial charge in [-0.05, 0) is 79.7 Å². The van der Waals surface area contributed by atoms with Crippen molar-refractivity contribution in [1.82, 2.24) is 0 Å². The van der Waals surface area contributed by atoms with Gasteiger partial charge in [-0.1, -0.05) is 91.0 Å². The van der Waals surface area contributed by atoms with Gasteiger partial charge in [0, 0.05) is 21.9 Å². The average Bonchev–Trinajstić information content (AvgIpc) is 3.44. The van der Waals surface area contributed by atoms with Gasteiger partial charge in [0.15, 0.2) is 0 Å². The summed E-state index contributed by atoms with van der Waals surface area (Å²) in [4.78, 5) is 0. The van der Waals surface area contributed by atoms with Crippen molar-refractivity contribution in [2.24, 2.45) is 0 Å². The molecule has 214 valence electrons. The summed E-state index contributed by atoms with van der Waals surface area (Å²) >= 11 is 0. The molecule has 0 bridgehead atoms. The highest BCUT2D eigenvalue weighted by Gasteiger charge is 2.53. The molecule has 1 aliphatic carbocycles. The van der Waals surface area contributed by atoms with Crippen LogP contribution in [0.3, 0.4) is 0 Å². The van der Waals surface area contributed by atoms with E-state index >= 15 is 0 Å². The molecule has 4 nitrogen and oxygen atoms in total. The Balaban J connectivity index is 1.40. The van der Waals surface area contributed by atoms with Crippen LogP contribution in [-0.4, -0.2) is 18.3 Å². The van der Waals surface area contributed by atoms with Gasteiger partial charge in [-0.3, -0.25) is 0 Å². The molecule has 6 aromatic rings. The number of hydrogen-bond acceptors (Lipinski definition) is 4. The molecule has 3 aliphatic rings. The van der Waals surface area contributed by atoms with Crippen LogP contribution in [0.25, 0.3) is 34.1 Å². The van der Waals surface area contributed by atoms with Gasteiger partial charge < -0.3 is 18.5 Å². The van der Waals surface area contributed by atoms with Crippen molar-refractivity contribution < 1.29 is 18.5 Å². The van der Waals surface area contributed by atoms with Crippen molar-refractivity contribution >= 4 is 46.7 Å². The fourth-order valence-electron chi connectivity index (χ4n) is 7.32. The maximum Gasteiger partial charge on any atom is 0.494 e. The van der Waals surface area contributed by atoms with Crippen LogP contribution in [0.15, 0.2) is 108 Å². The first-order valence-corrected chi connectivity index (χ1v) is 15.3. The highest BCUT2D eigenvalue weighted by Crippen LogP contribution is 2.58. The van der Waals surface area contributed by atoms with Crippen LogP contribution in [0, 0.1) is 0 Å². The molecule has 1 fully saturated rings. The molecule has 9 rings (SSSR count). The number of rotatable bonds is 1. The molecule has 3 heterocycles. The third-order valence-electron chi connectivity index (χ3n) is 10.2. The van der Waals surface area contributed by atoms with Crippen LogP contribution >= 0.6 is 0 Å². The zero-order chi connectivity index (χ0) is 29.8. The lowest BCUT2D eigenvalue weighted by molar-refractivity contribution is 0.00578. The maximum atomic E-state index is 6.78. The van der Waals surface area contributed by atoms with E-state index in [1.807, 2.05) is 18.2 Å². The summed E-state index contributed by atoms with van der Waals surface area (Å²) in [6, 6.07) is 36.3. The maximum absolute atomic E-state index is 6.78. The molecule has 44 heavy (non-hydrogen) atoms. The second-order valence-corrected chi connectivity index (χ2v) is 13.1. The molecule has 5 aromatic carbocycles. The number of benzene rings is 5. The van der Waals surface area contributed by atoms with Crippen molar-refractivity contribution in [3.63, 3.8) is 0 Å². The smallest absolute Gasteiger partial charge is 0.457 e. The van der Waals surface area contributed by atoms with Crippen molar-refractivity contribution in [2.45, 2.75) is 44.3 Å². The molecule has 1 atom stereocenters. The Morgan fingerprint density at radius 3 is 2.02 bits per heavy atom. The highest BCUT2D eigenvalue weighted by atomic mass is 16.7. The molecule has 1 spiro atoms. The summed E-state index contributed by atoms with van der Waals surface area (Å²) < 4.78 is 26.4. The van der Waals surface area contributed by atoms with E-state index in [0.717, 1.165) is 66.7 Å². The second kappa shape index (κ2) is 8.75. The summed E-state index contributed by atoms with van der Waals surface area (Å²) in [5, 5.41) is 2.12. The molecule has 2 aliphatic heterocycles. The van der Waals surface area contributed by atoms with E-state index in [0.29, 0.717) is 0 Å². The van der Waals surface area contributed by atoms with Crippen LogP contribution in [0.2, 0.25) is 0 Å². The third-order valence-corrected chi connectivity index (χ3v) is 10.2. The molecular weight excluding hydrogens is 543 g/mol. The first-order chi connectivity index (χ1) is 21.3. The Bertz CT molecular complexity index is 2170. The number of fused-ring (bicyclic) bond motifs is 11. The molecular formula is C39H31BO4. The average molecular weight is 574 g/mol. The van der Waals surface area contributed by atoms with Crippen LogP contribution < -0.4 is 10.2 Å². The normalized spacial score (nSPS) is 20.6. The van der Waals surface area contributed by atoms with Crippen molar-refractivity contribution in [1.29, 1.82) is 0 Å².